The van der Waals surface area contributed by atoms with Crippen molar-refractivity contribution in [3.63, 3.8) is 0 Å². The molecule has 2 rings (SSSR count). The number of amides is 1. The number of nitrogens with two attached hydrogens (primary N) is 1. The average molecular weight is 220 g/mol. The number of benzene rings is 1. The molecular formula is C9H8N4OS. The molecule has 0 saturated heterocycles. The minimum Gasteiger partial charge on any atom is -0.397 e. The Balaban J connectivity index is 2.17. The molecule has 0 aliphatic heterocycles. The topological polar surface area (TPSA) is 80.9 Å². The van der Waals surface area contributed by atoms with Gasteiger partial charge in [-0.25, -0.2) is 0 Å². The Morgan fingerprint density at radius 1 is 1.40 bits per heavy atom. The Hall–Kier alpha value is -1.95. The first-order chi connectivity index (χ1) is 7.27. The molecule has 5 nitrogen and oxygen atoms in total. The van der Waals surface area contributed by atoms with Crippen molar-refractivity contribution in [1.29, 1.82) is 0 Å². The monoisotopic (exact) mass is 220 g/mol. The van der Waals surface area contributed by atoms with Crippen molar-refractivity contribution < 1.29 is 4.79 Å². The first-order valence-corrected chi connectivity index (χ1v) is 4.98. The van der Waals surface area contributed by atoms with Crippen LogP contribution in [-0.4, -0.2) is 15.5 Å². The van der Waals surface area contributed by atoms with Crippen LogP contribution in [0.3, 0.4) is 0 Å². The second-order valence-electron chi connectivity index (χ2n) is 2.82. The summed E-state index contributed by atoms with van der Waals surface area (Å²) in [6, 6.07) is 7.07. The minimum absolute atomic E-state index is 0.247. The fraction of sp³-hybridized carbons (Fsp3) is 0. The zero-order valence-corrected chi connectivity index (χ0v) is 8.49. The second kappa shape index (κ2) is 4.05. The van der Waals surface area contributed by atoms with Crippen LogP contribution >= 0.6 is 11.5 Å². The summed E-state index contributed by atoms with van der Waals surface area (Å²) in [6.45, 7) is 0. The Bertz CT molecular complexity index is 469. The smallest absolute Gasteiger partial charge is 0.269 e. The molecule has 0 bridgehead atoms. The van der Waals surface area contributed by atoms with E-state index in [0.29, 0.717) is 16.3 Å². The molecule has 0 fully saturated rings. The molecule has 2 aromatic rings. The van der Waals surface area contributed by atoms with Gasteiger partial charge in [0.1, 0.15) is 4.88 Å². The van der Waals surface area contributed by atoms with E-state index in [0.717, 1.165) is 11.5 Å². The van der Waals surface area contributed by atoms with E-state index in [1.165, 1.54) is 6.20 Å². The van der Waals surface area contributed by atoms with Crippen LogP contribution in [0.1, 0.15) is 9.67 Å². The molecule has 6 heteroatoms. The highest BCUT2D eigenvalue weighted by molar-refractivity contribution is 7.07. The van der Waals surface area contributed by atoms with E-state index in [9.17, 15) is 4.79 Å². The normalized spacial score (nSPS) is 9.87. The van der Waals surface area contributed by atoms with Crippen LogP contribution in [0.15, 0.2) is 30.5 Å². The highest BCUT2D eigenvalue weighted by Crippen LogP contribution is 2.18. The molecule has 1 amide bonds. The molecule has 76 valence electrons. The van der Waals surface area contributed by atoms with E-state index in [1.54, 1.807) is 24.3 Å². The summed E-state index contributed by atoms with van der Waals surface area (Å²) in [7, 11) is 0. The van der Waals surface area contributed by atoms with Gasteiger partial charge in [0.05, 0.1) is 17.6 Å². The Kier molecular flexibility index (Phi) is 2.59. The van der Waals surface area contributed by atoms with Crippen molar-refractivity contribution in [2.75, 3.05) is 11.1 Å². The van der Waals surface area contributed by atoms with Gasteiger partial charge in [0.15, 0.2) is 0 Å². The Morgan fingerprint density at radius 2 is 2.20 bits per heavy atom. The molecule has 0 aliphatic rings. The Labute approximate surface area is 90.1 Å². The van der Waals surface area contributed by atoms with Crippen molar-refractivity contribution in [3.05, 3.63) is 35.3 Å². The van der Waals surface area contributed by atoms with Gasteiger partial charge >= 0.3 is 0 Å². The quantitative estimate of drug-likeness (QED) is 0.749. The van der Waals surface area contributed by atoms with Gasteiger partial charge in [0.2, 0.25) is 0 Å². The number of carbonyl (C=O) groups excluding carboxylic acids is 1. The SMILES string of the molecule is Nc1ccccc1NC(=O)c1cnns1. The predicted octanol–water partition coefficient (Wildman–Crippen LogP) is 1.37. The van der Waals surface area contributed by atoms with Gasteiger partial charge in [-0.15, -0.1) is 5.10 Å². The van der Waals surface area contributed by atoms with Gasteiger partial charge in [0, 0.05) is 0 Å². The summed E-state index contributed by atoms with van der Waals surface area (Å²) in [5.74, 6) is -0.247. The molecule has 0 aliphatic carbocycles. The van der Waals surface area contributed by atoms with Crippen molar-refractivity contribution in [3.8, 4) is 0 Å². The van der Waals surface area contributed by atoms with Crippen LogP contribution in [0.2, 0.25) is 0 Å². The summed E-state index contributed by atoms with van der Waals surface area (Å²) in [6.07, 6.45) is 1.42. The first kappa shape index (κ1) is 9.60. The highest BCUT2D eigenvalue weighted by atomic mass is 32.1. The number of rotatable bonds is 2. The third kappa shape index (κ3) is 2.10. The third-order valence-corrected chi connectivity index (χ3v) is 2.46. The number of nitrogen functional groups attached to an aromatic ring is 1. The number of hydrogen-bond acceptors (Lipinski definition) is 5. The molecule has 1 heterocycles. The van der Waals surface area contributed by atoms with Gasteiger partial charge in [-0.3, -0.25) is 4.79 Å². The lowest BCUT2D eigenvalue weighted by atomic mass is 10.2. The molecule has 3 N–H and O–H groups in total. The van der Waals surface area contributed by atoms with Crippen molar-refractivity contribution in [1.82, 2.24) is 9.59 Å². The Morgan fingerprint density at radius 3 is 2.87 bits per heavy atom. The maximum Gasteiger partial charge on any atom is 0.269 e. The van der Waals surface area contributed by atoms with Crippen LogP contribution in [-0.2, 0) is 0 Å². The number of nitrogens with zero attached hydrogens (tertiary/aromatic N) is 2. The zero-order chi connectivity index (χ0) is 10.7. The van der Waals surface area contributed by atoms with E-state index in [2.05, 4.69) is 14.9 Å². The third-order valence-electron chi connectivity index (χ3n) is 1.79. The number of aromatic nitrogens is 2. The maximum absolute atomic E-state index is 11.6. The van der Waals surface area contributed by atoms with Crippen LogP contribution in [0.4, 0.5) is 11.4 Å². The number of hydrogen-bond donors (Lipinski definition) is 2. The molecular weight excluding hydrogens is 212 g/mol. The van der Waals surface area contributed by atoms with E-state index in [4.69, 9.17) is 5.73 Å². The fourth-order valence-corrected chi connectivity index (χ4v) is 1.47. The van der Waals surface area contributed by atoms with Gasteiger partial charge in [0.25, 0.3) is 5.91 Å². The number of anilines is 2. The van der Waals surface area contributed by atoms with Crippen LogP contribution in [0, 0.1) is 0 Å². The van der Waals surface area contributed by atoms with Crippen LogP contribution in [0.5, 0.6) is 0 Å². The van der Waals surface area contributed by atoms with Gasteiger partial charge in [-0.05, 0) is 23.7 Å². The lowest BCUT2D eigenvalue weighted by Gasteiger charge is -2.05. The van der Waals surface area contributed by atoms with Crippen LogP contribution < -0.4 is 11.1 Å². The molecule has 0 saturated carbocycles. The summed E-state index contributed by atoms with van der Waals surface area (Å²) in [4.78, 5) is 12.0. The van der Waals surface area contributed by atoms with E-state index in [-0.39, 0.29) is 5.91 Å². The van der Waals surface area contributed by atoms with E-state index in [1.807, 2.05) is 0 Å². The second-order valence-corrected chi connectivity index (χ2v) is 3.61. The van der Waals surface area contributed by atoms with E-state index >= 15 is 0 Å². The predicted molar refractivity (Wildman–Crippen MR) is 58.7 cm³/mol. The van der Waals surface area contributed by atoms with E-state index < -0.39 is 0 Å². The average Bonchev–Trinajstić information content (AvgIpc) is 2.74. The maximum atomic E-state index is 11.6. The molecule has 0 spiro atoms. The standard InChI is InChI=1S/C9H8N4OS/c10-6-3-1-2-4-7(6)12-9(14)8-5-11-13-15-8/h1-5H,10H2,(H,12,14). The molecule has 1 aromatic heterocycles. The fourth-order valence-electron chi connectivity index (χ4n) is 1.06. The van der Waals surface area contributed by atoms with Gasteiger partial charge in [-0.2, -0.15) is 0 Å². The first-order valence-electron chi connectivity index (χ1n) is 4.20. The number of para-hydroxylation sites is 2. The summed E-state index contributed by atoms with van der Waals surface area (Å²) in [5, 5.41) is 6.26. The minimum atomic E-state index is -0.247. The lowest BCUT2D eigenvalue weighted by molar-refractivity contribution is 0.103. The molecule has 0 radical (unpaired) electrons. The van der Waals surface area contributed by atoms with Crippen molar-refractivity contribution in [2.45, 2.75) is 0 Å². The number of nitrogens with one attached hydrogen (secondary N) is 1. The molecule has 0 unspecified atom stereocenters. The summed E-state index contributed by atoms with van der Waals surface area (Å²) >= 11 is 1.04. The van der Waals surface area contributed by atoms with Crippen molar-refractivity contribution in [2.24, 2.45) is 0 Å². The molecule has 0 atom stereocenters. The van der Waals surface area contributed by atoms with Crippen molar-refractivity contribution >= 4 is 28.8 Å². The summed E-state index contributed by atoms with van der Waals surface area (Å²) in [5.41, 5.74) is 6.80. The largest absolute Gasteiger partial charge is 0.397 e. The highest BCUT2D eigenvalue weighted by Gasteiger charge is 2.09. The number of carbonyl (C=O) groups is 1. The lowest BCUT2D eigenvalue weighted by Crippen LogP contribution is -2.11. The molecule has 1 aromatic carbocycles. The molecule has 15 heavy (non-hydrogen) atoms. The zero-order valence-electron chi connectivity index (χ0n) is 7.68. The van der Waals surface area contributed by atoms with Gasteiger partial charge in [-0.1, -0.05) is 16.6 Å². The summed E-state index contributed by atoms with van der Waals surface area (Å²) < 4.78 is 3.61. The van der Waals surface area contributed by atoms with Crippen LogP contribution in [0.25, 0.3) is 0 Å². The van der Waals surface area contributed by atoms with Gasteiger partial charge < -0.3 is 11.1 Å².